The van der Waals surface area contributed by atoms with Gasteiger partial charge in [-0.1, -0.05) is 48.5 Å². The molecule has 0 bridgehead atoms. The van der Waals surface area contributed by atoms with Crippen molar-refractivity contribution in [2.45, 2.75) is 12.5 Å². The maximum atomic E-state index is 11.6. The predicted molar refractivity (Wildman–Crippen MR) is 76.5 cm³/mol. The second-order valence-corrected chi connectivity index (χ2v) is 4.70. The standard InChI is InChI=1S/C16H17NO3/c1-16(19,13-8-4-2-5-9-13)12-17-15(18)20-14-10-6-3-7-11-14/h2-11,19H,12H2,1H3,(H,17,18). The zero-order valence-electron chi connectivity index (χ0n) is 11.2. The zero-order valence-corrected chi connectivity index (χ0v) is 11.2. The summed E-state index contributed by atoms with van der Waals surface area (Å²) in [6.45, 7) is 1.72. The number of ether oxygens (including phenoxy) is 1. The van der Waals surface area contributed by atoms with Gasteiger partial charge in [0.25, 0.3) is 0 Å². The maximum Gasteiger partial charge on any atom is 0.412 e. The summed E-state index contributed by atoms with van der Waals surface area (Å²) in [6, 6.07) is 17.9. The Morgan fingerprint density at radius 1 is 1.10 bits per heavy atom. The first-order valence-corrected chi connectivity index (χ1v) is 6.36. The number of hydrogen-bond acceptors (Lipinski definition) is 3. The molecule has 4 heteroatoms. The van der Waals surface area contributed by atoms with E-state index in [0.717, 1.165) is 5.56 Å². The molecule has 2 aromatic rings. The topological polar surface area (TPSA) is 58.6 Å². The highest BCUT2D eigenvalue weighted by molar-refractivity contribution is 5.70. The molecule has 0 aliphatic heterocycles. The number of carbonyl (C=O) groups is 1. The molecule has 0 spiro atoms. The van der Waals surface area contributed by atoms with Crippen LogP contribution in [0.15, 0.2) is 60.7 Å². The Bertz CT molecular complexity index is 552. The molecule has 0 saturated carbocycles. The molecule has 104 valence electrons. The second kappa shape index (κ2) is 6.21. The van der Waals surface area contributed by atoms with Crippen LogP contribution in [0.3, 0.4) is 0 Å². The number of amides is 1. The van der Waals surface area contributed by atoms with Crippen LogP contribution in [0.5, 0.6) is 5.75 Å². The van der Waals surface area contributed by atoms with E-state index in [4.69, 9.17) is 4.74 Å². The third-order valence-electron chi connectivity index (χ3n) is 2.93. The number of nitrogens with one attached hydrogen (secondary N) is 1. The fraction of sp³-hybridized carbons (Fsp3) is 0.188. The Morgan fingerprint density at radius 2 is 1.65 bits per heavy atom. The monoisotopic (exact) mass is 271 g/mol. The molecule has 1 amide bonds. The van der Waals surface area contributed by atoms with Crippen molar-refractivity contribution in [1.29, 1.82) is 0 Å². The highest BCUT2D eigenvalue weighted by Gasteiger charge is 2.23. The van der Waals surface area contributed by atoms with E-state index < -0.39 is 11.7 Å². The van der Waals surface area contributed by atoms with Crippen LogP contribution in [0.1, 0.15) is 12.5 Å². The summed E-state index contributed by atoms with van der Waals surface area (Å²) in [4.78, 5) is 11.6. The number of aliphatic hydroxyl groups is 1. The molecule has 1 unspecified atom stereocenters. The van der Waals surface area contributed by atoms with Crippen LogP contribution < -0.4 is 10.1 Å². The van der Waals surface area contributed by atoms with Gasteiger partial charge in [-0.2, -0.15) is 0 Å². The highest BCUT2D eigenvalue weighted by atomic mass is 16.6. The van der Waals surface area contributed by atoms with Gasteiger partial charge in [-0.3, -0.25) is 0 Å². The lowest BCUT2D eigenvalue weighted by Crippen LogP contribution is -2.39. The van der Waals surface area contributed by atoms with Gasteiger partial charge in [0.1, 0.15) is 11.4 Å². The van der Waals surface area contributed by atoms with E-state index in [2.05, 4.69) is 5.32 Å². The molecule has 4 nitrogen and oxygen atoms in total. The number of benzene rings is 2. The lowest BCUT2D eigenvalue weighted by atomic mass is 9.96. The van der Waals surface area contributed by atoms with Gasteiger partial charge in [-0.15, -0.1) is 0 Å². The van der Waals surface area contributed by atoms with E-state index in [0.29, 0.717) is 5.75 Å². The number of carbonyl (C=O) groups excluding carboxylic acids is 1. The van der Waals surface area contributed by atoms with Crippen molar-refractivity contribution in [2.75, 3.05) is 6.54 Å². The number of hydrogen-bond donors (Lipinski definition) is 2. The summed E-state index contributed by atoms with van der Waals surface area (Å²) in [5, 5.41) is 12.9. The van der Waals surface area contributed by atoms with Gasteiger partial charge in [0.05, 0.1) is 6.54 Å². The molecule has 0 aromatic heterocycles. The molecule has 0 aliphatic carbocycles. The van der Waals surface area contributed by atoms with E-state index in [-0.39, 0.29) is 6.54 Å². The predicted octanol–water partition coefficient (Wildman–Crippen LogP) is 2.68. The van der Waals surface area contributed by atoms with E-state index in [9.17, 15) is 9.90 Å². The summed E-state index contributed by atoms with van der Waals surface area (Å²) in [6.07, 6.45) is -0.590. The van der Waals surface area contributed by atoms with E-state index in [1.165, 1.54) is 0 Å². The lowest BCUT2D eigenvalue weighted by Gasteiger charge is -2.23. The summed E-state index contributed by atoms with van der Waals surface area (Å²) < 4.78 is 5.08. The van der Waals surface area contributed by atoms with Gasteiger partial charge in [0, 0.05) is 0 Å². The maximum absolute atomic E-state index is 11.6. The van der Waals surface area contributed by atoms with Crippen molar-refractivity contribution in [3.63, 3.8) is 0 Å². The average Bonchev–Trinajstić information content (AvgIpc) is 2.47. The highest BCUT2D eigenvalue weighted by Crippen LogP contribution is 2.19. The largest absolute Gasteiger partial charge is 0.412 e. The van der Waals surface area contributed by atoms with Gasteiger partial charge in [-0.05, 0) is 24.6 Å². The number of rotatable bonds is 4. The normalized spacial score (nSPS) is 13.3. The molecular formula is C16H17NO3. The molecule has 2 rings (SSSR count). The fourth-order valence-corrected chi connectivity index (χ4v) is 1.78. The van der Waals surface area contributed by atoms with Crippen molar-refractivity contribution in [2.24, 2.45) is 0 Å². The third kappa shape index (κ3) is 3.83. The summed E-state index contributed by atoms with van der Waals surface area (Å²) in [7, 11) is 0. The molecule has 20 heavy (non-hydrogen) atoms. The van der Waals surface area contributed by atoms with Crippen molar-refractivity contribution < 1.29 is 14.6 Å². The minimum Gasteiger partial charge on any atom is -0.410 e. The van der Waals surface area contributed by atoms with E-state index in [1.54, 1.807) is 31.2 Å². The molecule has 0 saturated heterocycles. The van der Waals surface area contributed by atoms with E-state index >= 15 is 0 Å². The van der Waals surface area contributed by atoms with Crippen LogP contribution in [-0.4, -0.2) is 17.7 Å². The van der Waals surface area contributed by atoms with E-state index in [1.807, 2.05) is 36.4 Å². The van der Waals surface area contributed by atoms with Crippen molar-refractivity contribution in [3.05, 3.63) is 66.2 Å². The number of para-hydroxylation sites is 1. The van der Waals surface area contributed by atoms with Gasteiger partial charge >= 0.3 is 6.09 Å². The van der Waals surface area contributed by atoms with Crippen LogP contribution in [0.2, 0.25) is 0 Å². The van der Waals surface area contributed by atoms with Crippen LogP contribution in [-0.2, 0) is 5.60 Å². The summed E-state index contributed by atoms with van der Waals surface area (Å²) in [5.74, 6) is 0.462. The van der Waals surface area contributed by atoms with Gasteiger partial charge < -0.3 is 15.2 Å². The Kier molecular flexibility index (Phi) is 4.38. The smallest absolute Gasteiger partial charge is 0.410 e. The lowest BCUT2D eigenvalue weighted by molar-refractivity contribution is 0.0571. The van der Waals surface area contributed by atoms with Crippen LogP contribution in [0.25, 0.3) is 0 Å². The van der Waals surface area contributed by atoms with Gasteiger partial charge in [0.2, 0.25) is 0 Å². The molecule has 0 fully saturated rings. The van der Waals surface area contributed by atoms with Crippen LogP contribution >= 0.6 is 0 Å². The molecule has 0 heterocycles. The minimum atomic E-state index is -1.14. The first-order valence-electron chi connectivity index (χ1n) is 6.36. The summed E-state index contributed by atoms with van der Waals surface area (Å²) in [5.41, 5.74) is -0.406. The van der Waals surface area contributed by atoms with Crippen molar-refractivity contribution >= 4 is 6.09 Å². The Hall–Kier alpha value is -2.33. The quantitative estimate of drug-likeness (QED) is 0.898. The Labute approximate surface area is 118 Å². The van der Waals surface area contributed by atoms with Crippen molar-refractivity contribution in [3.8, 4) is 5.75 Å². The molecule has 1 atom stereocenters. The van der Waals surface area contributed by atoms with Gasteiger partial charge in [-0.25, -0.2) is 4.79 Å². The molecule has 2 N–H and O–H groups in total. The second-order valence-electron chi connectivity index (χ2n) is 4.70. The fourth-order valence-electron chi connectivity index (χ4n) is 1.78. The van der Waals surface area contributed by atoms with Crippen LogP contribution in [0.4, 0.5) is 4.79 Å². The minimum absolute atomic E-state index is 0.0721. The molecular weight excluding hydrogens is 254 g/mol. The average molecular weight is 271 g/mol. The first-order chi connectivity index (χ1) is 9.58. The Balaban J connectivity index is 1.90. The van der Waals surface area contributed by atoms with Gasteiger partial charge in [0.15, 0.2) is 0 Å². The summed E-state index contributed by atoms with van der Waals surface area (Å²) >= 11 is 0. The SMILES string of the molecule is CC(O)(CNC(=O)Oc1ccccc1)c1ccccc1. The first kappa shape index (κ1) is 14.1. The third-order valence-corrected chi connectivity index (χ3v) is 2.93. The van der Waals surface area contributed by atoms with Crippen molar-refractivity contribution in [1.82, 2.24) is 5.32 Å². The zero-order chi connectivity index (χ0) is 14.4. The Morgan fingerprint density at radius 3 is 2.25 bits per heavy atom. The molecule has 2 aromatic carbocycles. The van der Waals surface area contributed by atoms with Crippen LogP contribution in [0, 0.1) is 0 Å². The molecule has 0 aliphatic rings. The molecule has 0 radical (unpaired) electrons.